The van der Waals surface area contributed by atoms with Gasteiger partial charge in [0.15, 0.2) is 0 Å². The highest BCUT2D eigenvalue weighted by Gasteiger charge is 2.12. The van der Waals surface area contributed by atoms with Crippen molar-refractivity contribution in [2.45, 2.75) is 31.7 Å². The smallest absolute Gasteiger partial charge is 0.142 e. The molecule has 2 rings (SSSR count). The predicted molar refractivity (Wildman–Crippen MR) is 67.2 cm³/mol. The maximum atomic E-state index is 12.9. The topological polar surface area (TPSA) is 21.3 Å². The Bertz CT molecular complexity index is 366. The fourth-order valence-electron chi connectivity index (χ4n) is 2.06. The lowest BCUT2D eigenvalue weighted by molar-refractivity contribution is 0.268. The van der Waals surface area contributed by atoms with Crippen LogP contribution in [0.2, 0.25) is 5.02 Å². The van der Waals surface area contributed by atoms with E-state index < -0.39 is 5.82 Å². The molecule has 1 atom stereocenters. The van der Waals surface area contributed by atoms with Crippen LogP contribution in [0, 0.1) is 5.82 Å². The molecule has 1 aromatic carbocycles. The van der Waals surface area contributed by atoms with Crippen LogP contribution in [0.15, 0.2) is 18.2 Å². The van der Waals surface area contributed by atoms with Gasteiger partial charge < -0.3 is 10.1 Å². The predicted octanol–water partition coefficient (Wildman–Crippen LogP) is 3.39. The summed E-state index contributed by atoms with van der Waals surface area (Å²) < 4.78 is 18.5. The van der Waals surface area contributed by atoms with Gasteiger partial charge in [-0.15, -0.1) is 0 Å². The first-order valence-corrected chi connectivity index (χ1v) is 6.45. The monoisotopic (exact) mass is 257 g/mol. The van der Waals surface area contributed by atoms with Gasteiger partial charge in [-0.1, -0.05) is 18.0 Å². The third-order valence-electron chi connectivity index (χ3n) is 3.04. The van der Waals surface area contributed by atoms with Gasteiger partial charge in [0.25, 0.3) is 0 Å². The summed E-state index contributed by atoms with van der Waals surface area (Å²) in [6, 6.07) is 5.01. The third-order valence-corrected chi connectivity index (χ3v) is 3.33. The van der Waals surface area contributed by atoms with Gasteiger partial charge in [-0.05, 0) is 37.9 Å². The van der Waals surface area contributed by atoms with Gasteiger partial charge in [0.05, 0.1) is 11.6 Å². The number of halogens is 2. The zero-order chi connectivity index (χ0) is 12.1. The molecule has 17 heavy (non-hydrogen) atoms. The molecule has 0 amide bonds. The molecule has 1 aliphatic rings. The summed E-state index contributed by atoms with van der Waals surface area (Å²) in [5.41, 5.74) is 0. The lowest BCUT2D eigenvalue weighted by Gasteiger charge is -2.23. The minimum atomic E-state index is -0.409. The number of hydrogen-bond acceptors (Lipinski definition) is 2. The number of rotatable bonds is 4. The van der Waals surface area contributed by atoms with E-state index in [1.165, 1.54) is 31.4 Å². The molecule has 0 bridgehead atoms. The molecule has 0 spiro atoms. The molecule has 1 aliphatic heterocycles. The first-order valence-electron chi connectivity index (χ1n) is 6.07. The van der Waals surface area contributed by atoms with Crippen LogP contribution in [-0.2, 0) is 0 Å². The Morgan fingerprint density at radius 2 is 2.29 bits per heavy atom. The van der Waals surface area contributed by atoms with Crippen LogP contribution in [0.25, 0.3) is 0 Å². The number of ether oxygens (including phenoxy) is 1. The van der Waals surface area contributed by atoms with Crippen LogP contribution in [0.4, 0.5) is 4.39 Å². The van der Waals surface area contributed by atoms with Gasteiger partial charge >= 0.3 is 0 Å². The molecule has 1 saturated heterocycles. The normalized spacial score (nSPS) is 20.2. The van der Waals surface area contributed by atoms with E-state index in [9.17, 15) is 4.39 Å². The van der Waals surface area contributed by atoms with E-state index in [0.717, 1.165) is 13.0 Å². The second-order valence-electron chi connectivity index (χ2n) is 4.36. The molecular formula is C13H17ClFNO. The molecule has 0 radical (unpaired) electrons. The number of nitrogens with one attached hydrogen (secondary N) is 1. The largest absolute Gasteiger partial charge is 0.493 e. The summed E-state index contributed by atoms with van der Waals surface area (Å²) in [5.74, 6) is 0.222. The van der Waals surface area contributed by atoms with Crippen LogP contribution in [0.5, 0.6) is 5.75 Å². The van der Waals surface area contributed by atoms with Gasteiger partial charge in [0, 0.05) is 12.1 Å². The van der Waals surface area contributed by atoms with Crippen molar-refractivity contribution in [3.05, 3.63) is 29.0 Å². The molecule has 0 aromatic heterocycles. The zero-order valence-electron chi connectivity index (χ0n) is 9.72. The Morgan fingerprint density at radius 1 is 1.41 bits per heavy atom. The highest BCUT2D eigenvalue weighted by atomic mass is 35.5. The number of hydrogen-bond donors (Lipinski definition) is 1. The van der Waals surface area contributed by atoms with Crippen molar-refractivity contribution in [2.24, 2.45) is 0 Å². The molecule has 1 unspecified atom stereocenters. The molecule has 2 nitrogen and oxygen atoms in total. The van der Waals surface area contributed by atoms with E-state index in [1.54, 1.807) is 6.07 Å². The van der Waals surface area contributed by atoms with E-state index in [1.807, 2.05) is 0 Å². The molecule has 0 aliphatic carbocycles. The van der Waals surface area contributed by atoms with E-state index in [-0.39, 0.29) is 5.02 Å². The van der Waals surface area contributed by atoms with Gasteiger partial charge in [-0.25, -0.2) is 4.39 Å². The summed E-state index contributed by atoms with van der Waals surface area (Å²) in [6.45, 7) is 1.74. The van der Waals surface area contributed by atoms with E-state index in [4.69, 9.17) is 16.3 Å². The standard InChI is InChI=1S/C13H17ClFNO/c14-12-9-11(4-5-13(12)15)17-8-6-10-3-1-2-7-16-10/h4-5,9-10,16H,1-3,6-8H2. The molecular weight excluding hydrogens is 241 g/mol. The summed E-state index contributed by atoms with van der Waals surface area (Å²) in [4.78, 5) is 0. The van der Waals surface area contributed by atoms with Crippen molar-refractivity contribution in [1.29, 1.82) is 0 Å². The molecule has 1 N–H and O–H groups in total. The quantitative estimate of drug-likeness (QED) is 0.893. The van der Waals surface area contributed by atoms with Gasteiger partial charge in [0.1, 0.15) is 11.6 Å². The number of piperidine rings is 1. The van der Waals surface area contributed by atoms with Crippen LogP contribution >= 0.6 is 11.6 Å². The Balaban J connectivity index is 1.75. The van der Waals surface area contributed by atoms with Gasteiger partial charge in [-0.2, -0.15) is 0 Å². The lowest BCUT2D eigenvalue weighted by Crippen LogP contribution is -2.35. The van der Waals surface area contributed by atoms with Crippen molar-refractivity contribution in [3.8, 4) is 5.75 Å². The summed E-state index contributed by atoms with van der Waals surface area (Å²) in [6.07, 6.45) is 4.76. The minimum Gasteiger partial charge on any atom is -0.493 e. The second-order valence-corrected chi connectivity index (χ2v) is 4.77. The van der Waals surface area contributed by atoms with E-state index in [2.05, 4.69) is 5.32 Å². The lowest BCUT2D eigenvalue weighted by atomic mass is 10.0. The van der Waals surface area contributed by atoms with Crippen molar-refractivity contribution < 1.29 is 9.13 Å². The molecule has 1 aromatic rings. The van der Waals surface area contributed by atoms with Crippen LogP contribution < -0.4 is 10.1 Å². The Hall–Kier alpha value is -0.800. The maximum absolute atomic E-state index is 12.9. The average Bonchev–Trinajstić information content (AvgIpc) is 2.35. The Labute approximate surface area is 106 Å². The number of benzene rings is 1. The van der Waals surface area contributed by atoms with E-state index >= 15 is 0 Å². The van der Waals surface area contributed by atoms with Crippen molar-refractivity contribution in [3.63, 3.8) is 0 Å². The van der Waals surface area contributed by atoms with Crippen LogP contribution in [0.3, 0.4) is 0 Å². The molecule has 1 heterocycles. The minimum absolute atomic E-state index is 0.110. The third kappa shape index (κ3) is 3.86. The maximum Gasteiger partial charge on any atom is 0.142 e. The summed E-state index contributed by atoms with van der Waals surface area (Å²) >= 11 is 5.67. The molecule has 0 saturated carbocycles. The van der Waals surface area contributed by atoms with Gasteiger partial charge in [-0.3, -0.25) is 0 Å². The SMILES string of the molecule is Fc1ccc(OCCC2CCCCN2)cc1Cl. The highest BCUT2D eigenvalue weighted by molar-refractivity contribution is 6.30. The van der Waals surface area contributed by atoms with Crippen LogP contribution in [-0.4, -0.2) is 19.2 Å². The Morgan fingerprint density at radius 3 is 3.00 bits per heavy atom. The summed E-state index contributed by atoms with van der Waals surface area (Å²) in [5, 5.41) is 3.57. The van der Waals surface area contributed by atoms with Crippen LogP contribution in [0.1, 0.15) is 25.7 Å². The first kappa shape index (κ1) is 12.7. The van der Waals surface area contributed by atoms with Crippen molar-refractivity contribution in [2.75, 3.05) is 13.2 Å². The zero-order valence-corrected chi connectivity index (χ0v) is 10.5. The van der Waals surface area contributed by atoms with Crippen molar-refractivity contribution in [1.82, 2.24) is 5.32 Å². The average molecular weight is 258 g/mol. The van der Waals surface area contributed by atoms with E-state index in [0.29, 0.717) is 18.4 Å². The molecule has 1 fully saturated rings. The summed E-state index contributed by atoms with van der Waals surface area (Å²) in [7, 11) is 0. The Kier molecular flexibility index (Phi) is 4.63. The fraction of sp³-hybridized carbons (Fsp3) is 0.538. The second kappa shape index (κ2) is 6.22. The highest BCUT2D eigenvalue weighted by Crippen LogP contribution is 2.21. The molecule has 94 valence electrons. The molecule has 4 heteroatoms. The fourth-order valence-corrected chi connectivity index (χ4v) is 2.23. The van der Waals surface area contributed by atoms with Crippen molar-refractivity contribution >= 4 is 11.6 Å². The van der Waals surface area contributed by atoms with Gasteiger partial charge in [0.2, 0.25) is 0 Å². The first-order chi connectivity index (χ1) is 8.25.